The van der Waals surface area contributed by atoms with Gasteiger partial charge in [-0.2, -0.15) is 14.2 Å². The van der Waals surface area contributed by atoms with Gasteiger partial charge >= 0.3 is 47.5 Å². The fourth-order valence-corrected chi connectivity index (χ4v) is 2.64. The Kier molecular flexibility index (Phi) is 13.2. The van der Waals surface area contributed by atoms with Gasteiger partial charge in [0.1, 0.15) is 0 Å². The first-order valence-corrected chi connectivity index (χ1v) is 9.96. The first kappa shape index (κ1) is 31.2. The fourth-order valence-electron chi connectivity index (χ4n) is 1.99. The van der Waals surface area contributed by atoms with E-state index >= 15 is 0 Å². The molecule has 0 radical (unpaired) electrons. The molecular formula is C18H19N3NaO9P3. The normalized spacial score (nSPS) is 9.18. The van der Waals surface area contributed by atoms with Gasteiger partial charge in [0.05, 0.1) is 15.2 Å². The third-order valence-electron chi connectivity index (χ3n) is 3.55. The Labute approximate surface area is 221 Å². The molecule has 12 nitrogen and oxygen atoms in total. The van der Waals surface area contributed by atoms with Gasteiger partial charge in [-0.15, -0.1) is 0 Å². The molecule has 0 aliphatic carbocycles. The Morgan fingerprint density at radius 3 is 0.912 bits per heavy atom. The quantitative estimate of drug-likeness (QED) is 0.156. The zero-order chi connectivity index (χ0) is 25.3. The Balaban J connectivity index is 0. The zero-order valence-electron chi connectivity index (χ0n) is 18.4. The van der Waals surface area contributed by atoms with E-state index in [4.69, 9.17) is 30.9 Å². The number of aromatic carboxylic acids is 3. The van der Waals surface area contributed by atoms with Crippen molar-refractivity contribution in [2.75, 3.05) is 0 Å². The van der Waals surface area contributed by atoms with E-state index in [0.717, 1.165) is 0 Å². The second-order valence-electron chi connectivity index (χ2n) is 5.74. The van der Waals surface area contributed by atoms with Crippen LogP contribution in [0.3, 0.4) is 0 Å². The van der Waals surface area contributed by atoms with Crippen LogP contribution in [0.25, 0.3) is 0 Å². The maximum atomic E-state index is 10.4. The minimum atomic E-state index is -1.17. The van der Waals surface area contributed by atoms with Crippen LogP contribution in [0.15, 0.2) is 54.6 Å². The Morgan fingerprint density at radius 1 is 0.559 bits per heavy atom. The maximum absolute atomic E-state index is 10.4. The van der Waals surface area contributed by atoms with E-state index in [1.54, 1.807) is 0 Å². The van der Waals surface area contributed by atoms with Gasteiger partial charge in [-0.05, 0) is 36.4 Å². The molecule has 0 amide bonds. The number of aromatic nitrogens is 3. The maximum Gasteiger partial charge on any atom is 1.00 e. The van der Waals surface area contributed by atoms with Crippen LogP contribution >= 0.6 is 26.6 Å². The number of hydrogen-bond donors (Lipinski definition) is 6. The third-order valence-corrected chi connectivity index (χ3v) is 4.69. The Hall–Kier alpha value is -2.84. The van der Waals surface area contributed by atoms with Gasteiger partial charge < -0.3 is 32.4 Å². The van der Waals surface area contributed by atoms with Crippen molar-refractivity contribution in [2.24, 2.45) is 0 Å². The summed E-state index contributed by atoms with van der Waals surface area (Å²) in [5.41, 5.74) is -0.549. The summed E-state index contributed by atoms with van der Waals surface area (Å²) in [7, 11) is 9.04. The molecule has 0 aliphatic heterocycles. The summed E-state index contributed by atoms with van der Waals surface area (Å²) in [5.74, 6) is -3.52. The van der Waals surface area contributed by atoms with Crippen molar-refractivity contribution < 1.29 is 76.3 Å². The van der Waals surface area contributed by atoms with Gasteiger partial charge in [0, 0.05) is 0 Å². The SMILES string of the molecule is O=C(O)c1cccc(=P)n1O.O=C(O)c1cccc(=P)n1O.O=C(O)c1cccc(=P)n1O.[H-].[Na+]. The summed E-state index contributed by atoms with van der Waals surface area (Å²) in [6.07, 6.45) is 0. The zero-order valence-corrected chi connectivity index (χ0v) is 22.4. The number of rotatable bonds is 3. The molecule has 16 heteroatoms. The standard InChI is InChI=1S/3C6H6NO3P.Na.H/c3*8-6(9)4-2-1-3-5(11)7(4)10;;/h3*1-3,10-11H,(H,8,9);;/q;;;+1;-1. The van der Waals surface area contributed by atoms with Crippen molar-refractivity contribution in [3.05, 3.63) is 86.9 Å². The van der Waals surface area contributed by atoms with Gasteiger partial charge in [0.15, 0.2) is 17.1 Å². The monoisotopic (exact) mass is 537 g/mol. The van der Waals surface area contributed by atoms with Crippen LogP contribution in [0, 0.1) is 15.2 Å². The number of carbonyl (C=O) groups is 3. The number of pyridine rings is 3. The van der Waals surface area contributed by atoms with Crippen molar-refractivity contribution in [3.63, 3.8) is 0 Å². The topological polar surface area (TPSA) is 187 Å². The summed E-state index contributed by atoms with van der Waals surface area (Å²) in [4.78, 5) is 31.1. The molecule has 0 aliphatic rings. The van der Waals surface area contributed by atoms with E-state index in [0.29, 0.717) is 29.4 Å². The minimum absolute atomic E-state index is 0. The van der Waals surface area contributed by atoms with E-state index in [1.165, 1.54) is 54.6 Å². The summed E-state index contributed by atoms with van der Waals surface area (Å²) in [5, 5.41) is 53.5. The number of carboxylic acids is 3. The second-order valence-corrected chi connectivity index (χ2v) is 7.28. The Morgan fingerprint density at radius 2 is 0.765 bits per heavy atom. The van der Waals surface area contributed by atoms with E-state index in [9.17, 15) is 14.4 Å². The molecule has 34 heavy (non-hydrogen) atoms. The van der Waals surface area contributed by atoms with Crippen molar-refractivity contribution in [1.29, 1.82) is 0 Å². The fraction of sp³-hybridized carbons (Fsp3) is 0. The average Bonchev–Trinajstić information content (AvgIpc) is 2.74. The predicted molar refractivity (Wildman–Crippen MR) is 122 cm³/mol. The van der Waals surface area contributed by atoms with Gasteiger partial charge in [-0.25, -0.2) is 14.4 Å². The van der Waals surface area contributed by atoms with Gasteiger partial charge in [-0.1, -0.05) is 44.8 Å². The van der Waals surface area contributed by atoms with Crippen LogP contribution in [-0.4, -0.2) is 63.0 Å². The molecule has 0 fully saturated rings. The molecule has 0 saturated carbocycles. The smallest absolute Gasteiger partial charge is 1.00 e. The molecule has 0 aromatic carbocycles. The van der Waals surface area contributed by atoms with Crippen LogP contribution < -0.4 is 29.6 Å². The van der Waals surface area contributed by atoms with E-state index in [2.05, 4.69) is 26.6 Å². The van der Waals surface area contributed by atoms with Gasteiger partial charge in [0.25, 0.3) is 0 Å². The molecule has 0 atom stereocenters. The van der Waals surface area contributed by atoms with Crippen molar-refractivity contribution >= 4 is 44.5 Å². The van der Waals surface area contributed by atoms with Crippen LogP contribution in [0.5, 0.6) is 0 Å². The van der Waals surface area contributed by atoms with Crippen LogP contribution in [0.2, 0.25) is 0 Å². The van der Waals surface area contributed by atoms with Crippen LogP contribution in [0.4, 0.5) is 0 Å². The minimum Gasteiger partial charge on any atom is -1.00 e. The molecule has 3 rings (SSSR count). The number of hydrogen-bond acceptors (Lipinski definition) is 6. The van der Waals surface area contributed by atoms with Gasteiger partial charge in [-0.3, -0.25) is 0 Å². The summed E-state index contributed by atoms with van der Waals surface area (Å²) in [6, 6.07) is 13.1. The Bertz CT molecular complexity index is 1210. The summed E-state index contributed by atoms with van der Waals surface area (Å²) >= 11 is 0. The van der Waals surface area contributed by atoms with E-state index in [-0.39, 0.29) is 48.1 Å². The van der Waals surface area contributed by atoms with Crippen LogP contribution in [0.1, 0.15) is 32.9 Å². The molecule has 0 bridgehead atoms. The van der Waals surface area contributed by atoms with Crippen molar-refractivity contribution in [1.82, 2.24) is 14.2 Å². The van der Waals surface area contributed by atoms with E-state index < -0.39 is 17.9 Å². The molecular weight excluding hydrogens is 518 g/mol. The average molecular weight is 537 g/mol. The van der Waals surface area contributed by atoms with Gasteiger partial charge in [0.2, 0.25) is 0 Å². The predicted octanol–water partition coefficient (Wildman–Crippen LogP) is 0.412. The molecule has 3 aromatic rings. The summed E-state index contributed by atoms with van der Waals surface area (Å²) in [6.45, 7) is 0. The van der Waals surface area contributed by atoms with E-state index in [1.807, 2.05) is 0 Å². The van der Waals surface area contributed by atoms with Crippen molar-refractivity contribution in [3.8, 4) is 0 Å². The first-order valence-electron chi connectivity index (χ1n) is 8.46. The second kappa shape index (κ2) is 14.4. The molecule has 3 heterocycles. The molecule has 176 valence electrons. The molecule has 0 spiro atoms. The molecule has 6 N–H and O–H groups in total. The molecule has 0 saturated heterocycles. The van der Waals surface area contributed by atoms with Crippen molar-refractivity contribution in [2.45, 2.75) is 0 Å². The molecule has 0 unspecified atom stereocenters. The largest absolute Gasteiger partial charge is 1.00 e. The summed E-state index contributed by atoms with van der Waals surface area (Å²) < 4.78 is 1.66. The van der Waals surface area contributed by atoms with Crippen LogP contribution in [-0.2, 0) is 0 Å². The number of carboxylic acid groups (broad SMARTS) is 3. The number of nitrogens with zero attached hydrogens (tertiary/aromatic N) is 3. The first-order chi connectivity index (χ1) is 15.4. The molecule has 3 aromatic heterocycles. The third kappa shape index (κ3) is 8.83.